The van der Waals surface area contributed by atoms with Gasteiger partial charge in [0.15, 0.2) is 0 Å². The molecular formula is C16H23ClN2O2. The van der Waals surface area contributed by atoms with Gasteiger partial charge < -0.3 is 9.84 Å². The number of piperazine rings is 1. The van der Waals surface area contributed by atoms with E-state index in [0.29, 0.717) is 18.2 Å². The summed E-state index contributed by atoms with van der Waals surface area (Å²) in [6.45, 7) is 5.38. The maximum absolute atomic E-state index is 10.1. The summed E-state index contributed by atoms with van der Waals surface area (Å²) in [6, 6.07) is 8.08. The number of ether oxygens (including phenoxy) is 1. The fraction of sp³-hybridized carbons (Fsp3) is 0.625. The lowest BCUT2D eigenvalue weighted by atomic mass is 10.2. The van der Waals surface area contributed by atoms with Crippen LogP contribution in [-0.4, -0.2) is 66.4 Å². The zero-order valence-corrected chi connectivity index (χ0v) is 13.0. The zero-order chi connectivity index (χ0) is 14.7. The minimum Gasteiger partial charge on any atom is -0.491 e. The van der Waals surface area contributed by atoms with Crippen molar-refractivity contribution in [3.05, 3.63) is 29.3 Å². The molecule has 0 spiro atoms. The monoisotopic (exact) mass is 310 g/mol. The molecule has 1 saturated heterocycles. The van der Waals surface area contributed by atoms with Crippen LogP contribution in [-0.2, 0) is 0 Å². The van der Waals surface area contributed by atoms with E-state index in [1.165, 1.54) is 12.8 Å². The van der Waals surface area contributed by atoms with Gasteiger partial charge in [0, 0.05) is 43.8 Å². The first-order valence-electron chi connectivity index (χ1n) is 7.73. The Morgan fingerprint density at radius 2 is 1.81 bits per heavy atom. The Balaban J connectivity index is 1.36. The van der Waals surface area contributed by atoms with Crippen LogP contribution < -0.4 is 4.74 Å². The molecule has 4 nitrogen and oxygen atoms in total. The molecule has 5 heteroatoms. The molecule has 0 aromatic heterocycles. The van der Waals surface area contributed by atoms with Crippen molar-refractivity contribution < 1.29 is 9.84 Å². The fourth-order valence-electron chi connectivity index (χ4n) is 2.82. The fourth-order valence-corrected chi connectivity index (χ4v) is 2.95. The van der Waals surface area contributed by atoms with E-state index in [9.17, 15) is 5.11 Å². The van der Waals surface area contributed by atoms with Gasteiger partial charge in [-0.1, -0.05) is 11.6 Å². The molecule has 1 aromatic rings. The van der Waals surface area contributed by atoms with E-state index in [4.69, 9.17) is 16.3 Å². The molecule has 21 heavy (non-hydrogen) atoms. The first kappa shape index (κ1) is 15.1. The number of aliphatic hydroxyl groups is 1. The molecule has 1 heterocycles. The highest BCUT2D eigenvalue weighted by Crippen LogP contribution is 2.27. The number of nitrogens with zero attached hydrogens (tertiary/aromatic N) is 2. The average Bonchev–Trinajstić information content (AvgIpc) is 3.32. The molecule has 2 fully saturated rings. The van der Waals surface area contributed by atoms with Gasteiger partial charge in [0.25, 0.3) is 0 Å². The molecule has 1 atom stereocenters. The summed E-state index contributed by atoms with van der Waals surface area (Å²) in [5.41, 5.74) is 0. The molecule has 1 N–H and O–H groups in total. The Labute approximate surface area is 131 Å². The molecule has 2 aliphatic rings. The largest absolute Gasteiger partial charge is 0.491 e. The van der Waals surface area contributed by atoms with Crippen molar-refractivity contribution in [2.24, 2.45) is 0 Å². The molecule has 0 radical (unpaired) electrons. The molecule has 0 bridgehead atoms. The molecule has 3 rings (SSSR count). The highest BCUT2D eigenvalue weighted by molar-refractivity contribution is 6.30. The Kier molecular flexibility index (Phi) is 5.01. The van der Waals surface area contributed by atoms with Crippen molar-refractivity contribution in [1.29, 1.82) is 0 Å². The Morgan fingerprint density at radius 3 is 2.43 bits per heavy atom. The number of hydrogen-bond acceptors (Lipinski definition) is 4. The highest BCUT2D eigenvalue weighted by atomic mass is 35.5. The van der Waals surface area contributed by atoms with Crippen LogP contribution >= 0.6 is 11.6 Å². The lowest BCUT2D eigenvalue weighted by Crippen LogP contribution is -2.49. The summed E-state index contributed by atoms with van der Waals surface area (Å²) < 4.78 is 5.59. The van der Waals surface area contributed by atoms with Gasteiger partial charge in [-0.2, -0.15) is 0 Å². The van der Waals surface area contributed by atoms with Gasteiger partial charge in [-0.05, 0) is 37.1 Å². The summed E-state index contributed by atoms with van der Waals surface area (Å²) in [5, 5.41) is 10.8. The van der Waals surface area contributed by atoms with E-state index < -0.39 is 6.10 Å². The SMILES string of the molecule is OC(COc1ccc(Cl)cc1)CN1CCN(C2CC2)CC1. The van der Waals surface area contributed by atoms with Gasteiger partial charge in [0.05, 0.1) is 0 Å². The van der Waals surface area contributed by atoms with E-state index in [0.717, 1.165) is 38.0 Å². The normalized spacial score (nSPS) is 22.2. The van der Waals surface area contributed by atoms with Crippen molar-refractivity contribution in [3.8, 4) is 5.75 Å². The van der Waals surface area contributed by atoms with Crippen LogP contribution in [0.5, 0.6) is 5.75 Å². The summed E-state index contributed by atoms with van der Waals surface area (Å²) in [6.07, 6.45) is 2.29. The van der Waals surface area contributed by atoms with Gasteiger partial charge >= 0.3 is 0 Å². The van der Waals surface area contributed by atoms with Crippen molar-refractivity contribution in [1.82, 2.24) is 9.80 Å². The molecular weight excluding hydrogens is 288 g/mol. The van der Waals surface area contributed by atoms with Crippen LogP contribution in [0.2, 0.25) is 5.02 Å². The maximum atomic E-state index is 10.1. The van der Waals surface area contributed by atoms with E-state index in [1.54, 1.807) is 12.1 Å². The van der Waals surface area contributed by atoms with Crippen LogP contribution in [0.25, 0.3) is 0 Å². The van der Waals surface area contributed by atoms with E-state index in [2.05, 4.69) is 9.80 Å². The van der Waals surface area contributed by atoms with Gasteiger partial charge in [0.2, 0.25) is 0 Å². The lowest BCUT2D eigenvalue weighted by molar-refractivity contribution is 0.0446. The molecule has 1 aliphatic carbocycles. The molecule has 1 saturated carbocycles. The molecule has 1 unspecified atom stereocenters. The standard InChI is InChI=1S/C16H23ClN2O2/c17-13-1-5-16(6-2-13)21-12-15(20)11-18-7-9-19(10-8-18)14-3-4-14/h1-2,5-6,14-15,20H,3-4,7-12H2. The van der Waals surface area contributed by atoms with Crippen molar-refractivity contribution in [3.63, 3.8) is 0 Å². The lowest BCUT2D eigenvalue weighted by Gasteiger charge is -2.35. The van der Waals surface area contributed by atoms with Gasteiger partial charge in [-0.25, -0.2) is 0 Å². The minimum absolute atomic E-state index is 0.324. The van der Waals surface area contributed by atoms with Gasteiger partial charge in [0.1, 0.15) is 18.5 Å². The first-order chi connectivity index (χ1) is 10.2. The number of hydrogen-bond donors (Lipinski definition) is 1. The summed E-state index contributed by atoms with van der Waals surface area (Å²) in [7, 11) is 0. The topological polar surface area (TPSA) is 35.9 Å². The van der Waals surface area contributed by atoms with Gasteiger partial charge in [-0.3, -0.25) is 9.80 Å². The number of β-amino-alcohol motifs (C(OH)–C–C–N with tert-alkyl or cyclic N) is 1. The second-order valence-corrected chi connectivity index (χ2v) is 6.42. The quantitative estimate of drug-likeness (QED) is 0.870. The Morgan fingerprint density at radius 1 is 1.14 bits per heavy atom. The Hall–Kier alpha value is -0.810. The average molecular weight is 311 g/mol. The van der Waals surface area contributed by atoms with E-state index in [-0.39, 0.29) is 0 Å². The second kappa shape index (κ2) is 6.97. The van der Waals surface area contributed by atoms with Crippen LogP contribution in [0.4, 0.5) is 0 Å². The molecule has 1 aliphatic heterocycles. The van der Waals surface area contributed by atoms with Crippen molar-refractivity contribution in [2.75, 3.05) is 39.3 Å². The predicted octanol–water partition coefficient (Wildman–Crippen LogP) is 1.86. The maximum Gasteiger partial charge on any atom is 0.119 e. The van der Waals surface area contributed by atoms with E-state index >= 15 is 0 Å². The minimum atomic E-state index is -0.451. The third-order valence-corrected chi connectivity index (χ3v) is 4.45. The van der Waals surface area contributed by atoms with Crippen molar-refractivity contribution in [2.45, 2.75) is 25.0 Å². The van der Waals surface area contributed by atoms with Gasteiger partial charge in [-0.15, -0.1) is 0 Å². The smallest absolute Gasteiger partial charge is 0.119 e. The number of aliphatic hydroxyl groups excluding tert-OH is 1. The summed E-state index contributed by atoms with van der Waals surface area (Å²) >= 11 is 5.83. The number of rotatable bonds is 6. The number of benzene rings is 1. The summed E-state index contributed by atoms with van der Waals surface area (Å²) in [5.74, 6) is 0.747. The predicted molar refractivity (Wildman–Crippen MR) is 84.0 cm³/mol. The number of halogens is 1. The Bertz CT molecular complexity index is 442. The van der Waals surface area contributed by atoms with E-state index in [1.807, 2.05) is 12.1 Å². The first-order valence-corrected chi connectivity index (χ1v) is 8.11. The van der Waals surface area contributed by atoms with Crippen LogP contribution in [0.3, 0.4) is 0 Å². The van der Waals surface area contributed by atoms with Crippen LogP contribution in [0.15, 0.2) is 24.3 Å². The van der Waals surface area contributed by atoms with Crippen LogP contribution in [0, 0.1) is 0 Å². The molecule has 1 aromatic carbocycles. The third kappa shape index (κ3) is 4.58. The molecule has 0 amide bonds. The second-order valence-electron chi connectivity index (χ2n) is 5.99. The van der Waals surface area contributed by atoms with Crippen molar-refractivity contribution >= 4 is 11.6 Å². The molecule has 116 valence electrons. The summed E-state index contributed by atoms with van der Waals surface area (Å²) in [4.78, 5) is 4.90. The highest BCUT2D eigenvalue weighted by Gasteiger charge is 2.31. The zero-order valence-electron chi connectivity index (χ0n) is 12.2. The third-order valence-electron chi connectivity index (χ3n) is 4.20. The van der Waals surface area contributed by atoms with Crippen LogP contribution in [0.1, 0.15) is 12.8 Å².